The average molecular weight is 240 g/mol. The Bertz CT molecular complexity index is 154. The van der Waals surface area contributed by atoms with E-state index in [-0.39, 0.29) is 17.0 Å². The van der Waals surface area contributed by atoms with Crippen LogP contribution in [0.1, 0.15) is 12.8 Å². The maximum Gasteiger partial charge on any atom is 0.310 e. The molecular formula is C7H14BrNO3. The Balaban J connectivity index is 0.00000121. The second-order valence-corrected chi connectivity index (χ2v) is 2.86. The molecule has 0 spiro atoms. The average Bonchev–Trinajstić information content (AvgIpc) is 2.13. The van der Waals surface area contributed by atoms with Crippen molar-refractivity contribution in [2.24, 2.45) is 5.92 Å². The summed E-state index contributed by atoms with van der Waals surface area (Å²) in [7, 11) is 0. The smallest absolute Gasteiger partial charge is 0.310 e. The van der Waals surface area contributed by atoms with Crippen molar-refractivity contribution in [1.82, 2.24) is 5.32 Å². The second kappa shape index (κ2) is 5.50. The fourth-order valence-electron chi connectivity index (χ4n) is 1.28. The summed E-state index contributed by atoms with van der Waals surface area (Å²) < 4.78 is 0. The number of nitrogens with one attached hydrogen (secondary N) is 1. The number of hydrogen-bond donors (Lipinski definition) is 3. The number of hydrogen-bond acceptors (Lipinski definition) is 3. The van der Waals surface area contributed by atoms with Crippen molar-refractivity contribution in [3.05, 3.63) is 0 Å². The van der Waals surface area contributed by atoms with Crippen molar-refractivity contribution in [3.8, 4) is 0 Å². The van der Waals surface area contributed by atoms with Gasteiger partial charge in [0.2, 0.25) is 0 Å². The first-order valence-electron chi connectivity index (χ1n) is 3.83. The van der Waals surface area contributed by atoms with E-state index in [0.29, 0.717) is 13.0 Å². The van der Waals surface area contributed by atoms with Gasteiger partial charge in [-0.25, -0.2) is 0 Å². The molecule has 0 aliphatic carbocycles. The van der Waals surface area contributed by atoms with Crippen LogP contribution in [-0.2, 0) is 4.79 Å². The molecule has 2 atom stereocenters. The molecule has 0 saturated carbocycles. The monoisotopic (exact) mass is 239 g/mol. The summed E-state index contributed by atoms with van der Waals surface area (Å²) in [5.41, 5.74) is 0. The van der Waals surface area contributed by atoms with E-state index < -0.39 is 18.0 Å². The summed E-state index contributed by atoms with van der Waals surface area (Å²) >= 11 is 0. The predicted octanol–water partition coefficient (Wildman–Crippen LogP) is 0.00940. The van der Waals surface area contributed by atoms with Crippen molar-refractivity contribution in [3.63, 3.8) is 0 Å². The van der Waals surface area contributed by atoms with Crippen LogP contribution in [0, 0.1) is 5.92 Å². The van der Waals surface area contributed by atoms with Gasteiger partial charge in [0.25, 0.3) is 0 Å². The van der Waals surface area contributed by atoms with Gasteiger partial charge in [-0.05, 0) is 19.4 Å². The highest BCUT2D eigenvalue weighted by atomic mass is 79.9. The van der Waals surface area contributed by atoms with Crippen LogP contribution >= 0.6 is 17.0 Å². The van der Waals surface area contributed by atoms with Gasteiger partial charge in [0.05, 0.1) is 12.0 Å². The van der Waals surface area contributed by atoms with Crippen molar-refractivity contribution in [2.75, 3.05) is 13.1 Å². The van der Waals surface area contributed by atoms with Crippen LogP contribution in [0.25, 0.3) is 0 Å². The molecule has 0 amide bonds. The Kier molecular flexibility index (Phi) is 5.44. The van der Waals surface area contributed by atoms with Crippen LogP contribution in [0.15, 0.2) is 0 Å². The van der Waals surface area contributed by atoms with Gasteiger partial charge in [0, 0.05) is 6.54 Å². The molecule has 0 aromatic carbocycles. The zero-order chi connectivity index (χ0) is 8.27. The molecule has 72 valence electrons. The fraction of sp³-hybridized carbons (Fsp3) is 0.857. The van der Waals surface area contributed by atoms with Gasteiger partial charge < -0.3 is 15.5 Å². The summed E-state index contributed by atoms with van der Waals surface area (Å²) in [4.78, 5) is 10.5. The first-order valence-corrected chi connectivity index (χ1v) is 3.83. The van der Waals surface area contributed by atoms with E-state index >= 15 is 0 Å². The molecule has 3 N–H and O–H groups in total. The fourth-order valence-corrected chi connectivity index (χ4v) is 1.28. The topological polar surface area (TPSA) is 69.6 Å². The molecule has 12 heavy (non-hydrogen) atoms. The normalized spacial score (nSPS) is 30.1. The lowest BCUT2D eigenvalue weighted by Gasteiger charge is -2.14. The summed E-state index contributed by atoms with van der Waals surface area (Å²) in [6.45, 7) is 1.19. The number of carboxylic acid groups (broad SMARTS) is 1. The van der Waals surface area contributed by atoms with Gasteiger partial charge in [-0.3, -0.25) is 4.79 Å². The van der Waals surface area contributed by atoms with Crippen LogP contribution < -0.4 is 5.32 Å². The predicted molar refractivity (Wildman–Crippen MR) is 49.6 cm³/mol. The molecule has 1 saturated heterocycles. The van der Waals surface area contributed by atoms with Gasteiger partial charge in [-0.1, -0.05) is 0 Å². The van der Waals surface area contributed by atoms with E-state index in [2.05, 4.69) is 5.32 Å². The van der Waals surface area contributed by atoms with Gasteiger partial charge in [0.1, 0.15) is 0 Å². The zero-order valence-electron chi connectivity index (χ0n) is 6.69. The standard InChI is InChI=1S/C7H13NO3.BrH/c9-6-2-1-3-8-4-5(6)7(10)11;/h5-6,8-9H,1-4H2,(H,10,11);1H/t5-,6-;/m1./s1. The van der Waals surface area contributed by atoms with Crippen molar-refractivity contribution in [2.45, 2.75) is 18.9 Å². The van der Waals surface area contributed by atoms with Gasteiger partial charge >= 0.3 is 5.97 Å². The largest absolute Gasteiger partial charge is 0.481 e. The van der Waals surface area contributed by atoms with E-state index in [1.807, 2.05) is 0 Å². The highest BCUT2D eigenvalue weighted by Gasteiger charge is 2.27. The van der Waals surface area contributed by atoms with Gasteiger partial charge in [-0.2, -0.15) is 0 Å². The Hall–Kier alpha value is -0.130. The Morgan fingerprint density at radius 3 is 2.75 bits per heavy atom. The lowest BCUT2D eigenvalue weighted by molar-refractivity contribution is -0.145. The zero-order valence-corrected chi connectivity index (χ0v) is 8.41. The molecule has 4 nitrogen and oxygen atoms in total. The molecule has 0 unspecified atom stereocenters. The summed E-state index contributed by atoms with van der Waals surface area (Å²) in [5, 5.41) is 20.9. The minimum absolute atomic E-state index is 0. The summed E-state index contributed by atoms with van der Waals surface area (Å²) in [6.07, 6.45) is 0.761. The first-order chi connectivity index (χ1) is 5.22. The number of carbonyl (C=O) groups is 1. The van der Waals surface area contributed by atoms with Gasteiger partial charge in [0.15, 0.2) is 0 Å². The third-order valence-electron chi connectivity index (χ3n) is 2.00. The number of halogens is 1. The quantitative estimate of drug-likeness (QED) is 0.603. The number of aliphatic hydroxyl groups is 1. The minimum Gasteiger partial charge on any atom is -0.481 e. The third-order valence-corrected chi connectivity index (χ3v) is 2.00. The van der Waals surface area contributed by atoms with Crippen LogP contribution in [0.4, 0.5) is 0 Å². The Morgan fingerprint density at radius 1 is 1.50 bits per heavy atom. The molecule has 1 aliphatic rings. The van der Waals surface area contributed by atoms with Crippen LogP contribution in [0.5, 0.6) is 0 Å². The molecule has 0 radical (unpaired) electrons. The number of aliphatic hydroxyl groups excluding tert-OH is 1. The van der Waals surface area contributed by atoms with Crippen molar-refractivity contribution in [1.29, 1.82) is 0 Å². The SMILES string of the molecule is Br.O=C(O)[C@@H]1CNCCC[C@H]1O. The van der Waals surface area contributed by atoms with E-state index in [1.165, 1.54) is 0 Å². The lowest BCUT2D eigenvalue weighted by atomic mass is 10.0. The second-order valence-electron chi connectivity index (χ2n) is 2.86. The molecule has 1 heterocycles. The number of rotatable bonds is 1. The number of aliphatic carboxylic acids is 1. The van der Waals surface area contributed by atoms with Crippen molar-refractivity contribution >= 4 is 23.0 Å². The Labute approximate surface area is 81.7 Å². The lowest BCUT2D eigenvalue weighted by Crippen LogP contribution is -2.34. The molecule has 0 aromatic rings. The molecule has 1 rings (SSSR count). The maximum atomic E-state index is 10.5. The van der Waals surface area contributed by atoms with E-state index in [4.69, 9.17) is 5.11 Å². The highest BCUT2D eigenvalue weighted by molar-refractivity contribution is 8.93. The summed E-state index contributed by atoms with van der Waals surface area (Å²) in [6, 6.07) is 0. The minimum atomic E-state index is -0.910. The Morgan fingerprint density at radius 2 is 2.17 bits per heavy atom. The highest BCUT2D eigenvalue weighted by Crippen LogP contribution is 2.11. The molecule has 0 aromatic heterocycles. The summed E-state index contributed by atoms with van der Waals surface area (Å²) in [5.74, 6) is -1.54. The van der Waals surface area contributed by atoms with Crippen LogP contribution in [0.2, 0.25) is 0 Å². The molecule has 5 heteroatoms. The van der Waals surface area contributed by atoms with Crippen molar-refractivity contribution < 1.29 is 15.0 Å². The van der Waals surface area contributed by atoms with Crippen LogP contribution in [0.3, 0.4) is 0 Å². The van der Waals surface area contributed by atoms with E-state index in [0.717, 1.165) is 13.0 Å². The molecule has 1 aliphatic heterocycles. The van der Waals surface area contributed by atoms with Crippen LogP contribution in [-0.4, -0.2) is 35.4 Å². The van der Waals surface area contributed by atoms with E-state index in [9.17, 15) is 9.90 Å². The van der Waals surface area contributed by atoms with Gasteiger partial charge in [-0.15, -0.1) is 17.0 Å². The number of carboxylic acids is 1. The first kappa shape index (κ1) is 11.9. The maximum absolute atomic E-state index is 10.5. The molecule has 1 fully saturated rings. The molecular weight excluding hydrogens is 226 g/mol. The van der Waals surface area contributed by atoms with E-state index in [1.54, 1.807) is 0 Å². The third kappa shape index (κ3) is 3.08. The molecule has 0 bridgehead atoms.